The fraction of sp³-hybridized carbons (Fsp3) is 0.417. The highest BCUT2D eigenvalue weighted by Crippen LogP contribution is 2.35. The maximum Gasteiger partial charge on any atom is 0.232 e. The van der Waals surface area contributed by atoms with Gasteiger partial charge in [-0.2, -0.15) is 0 Å². The molecule has 0 atom stereocenters. The van der Waals surface area contributed by atoms with Crippen molar-refractivity contribution in [1.29, 1.82) is 0 Å². The van der Waals surface area contributed by atoms with E-state index in [-0.39, 0.29) is 0 Å². The summed E-state index contributed by atoms with van der Waals surface area (Å²) in [6.45, 7) is 4.33. The smallest absolute Gasteiger partial charge is 0.232 e. The van der Waals surface area contributed by atoms with Crippen LogP contribution in [0.4, 0.5) is 10.8 Å². The summed E-state index contributed by atoms with van der Waals surface area (Å²) in [7, 11) is 3.60. The number of nitrogens with zero attached hydrogens (tertiary/aromatic N) is 4. The molecule has 1 heterocycles. The molecule has 0 spiro atoms. The van der Waals surface area contributed by atoms with E-state index >= 15 is 0 Å². The Bertz CT molecular complexity index is 513. The van der Waals surface area contributed by atoms with E-state index in [1.54, 1.807) is 7.11 Å². The molecule has 1 aromatic carbocycles. The second-order valence-corrected chi connectivity index (χ2v) is 5.00. The Kier molecular flexibility index (Phi) is 3.76. The predicted molar refractivity (Wildman–Crippen MR) is 72.9 cm³/mol. The molecule has 0 saturated carbocycles. The van der Waals surface area contributed by atoms with E-state index in [4.69, 9.17) is 4.74 Å². The van der Waals surface area contributed by atoms with Crippen molar-refractivity contribution in [3.63, 3.8) is 0 Å². The molecule has 0 aliphatic rings. The summed E-state index contributed by atoms with van der Waals surface area (Å²) in [6, 6.07) is 6.18. The minimum absolute atomic E-state index is 0.468. The van der Waals surface area contributed by atoms with Crippen molar-refractivity contribution in [3.8, 4) is 5.75 Å². The van der Waals surface area contributed by atoms with Crippen LogP contribution in [0.2, 0.25) is 0 Å². The Morgan fingerprint density at radius 3 is 2.67 bits per heavy atom. The minimum atomic E-state index is 0.468. The van der Waals surface area contributed by atoms with Gasteiger partial charge >= 0.3 is 0 Å². The average Bonchev–Trinajstić information content (AvgIpc) is 2.90. The van der Waals surface area contributed by atoms with Gasteiger partial charge in [0.1, 0.15) is 5.75 Å². The molecule has 0 saturated heterocycles. The molecule has 2 aromatic rings. The molecule has 18 heavy (non-hydrogen) atoms. The van der Waals surface area contributed by atoms with Gasteiger partial charge < -0.3 is 9.64 Å². The van der Waals surface area contributed by atoms with Gasteiger partial charge in [0.05, 0.1) is 12.8 Å². The molecule has 5 nitrogen and oxygen atoms in total. The molecule has 1 aromatic heterocycles. The summed E-state index contributed by atoms with van der Waals surface area (Å²) >= 11 is 1.26. The third-order valence-electron chi connectivity index (χ3n) is 2.81. The molecule has 2 rings (SSSR count). The zero-order valence-electron chi connectivity index (χ0n) is 10.9. The van der Waals surface area contributed by atoms with E-state index in [1.807, 2.05) is 18.0 Å². The quantitative estimate of drug-likeness (QED) is 0.850. The Balaban J connectivity index is 2.43. The molecule has 0 amide bonds. The predicted octanol–water partition coefficient (Wildman–Crippen LogP) is 2.83. The first-order valence-electron chi connectivity index (χ1n) is 5.70. The number of hydrogen-bond donors (Lipinski definition) is 0. The first kappa shape index (κ1) is 12.8. The van der Waals surface area contributed by atoms with Gasteiger partial charge in [-0.15, -0.1) is 0 Å². The van der Waals surface area contributed by atoms with Crippen molar-refractivity contribution < 1.29 is 4.74 Å². The van der Waals surface area contributed by atoms with Crippen LogP contribution in [-0.2, 0) is 0 Å². The lowest BCUT2D eigenvalue weighted by Gasteiger charge is -2.20. The van der Waals surface area contributed by atoms with E-state index in [0.717, 1.165) is 16.6 Å². The summed E-state index contributed by atoms with van der Waals surface area (Å²) in [5.74, 6) is 1.28. The van der Waals surface area contributed by atoms with Crippen molar-refractivity contribution in [2.75, 3.05) is 19.1 Å². The van der Waals surface area contributed by atoms with Gasteiger partial charge in [0, 0.05) is 18.6 Å². The van der Waals surface area contributed by atoms with Gasteiger partial charge in [0.15, 0.2) is 0 Å². The molecule has 0 fully saturated rings. The van der Waals surface area contributed by atoms with Crippen molar-refractivity contribution in [2.24, 2.45) is 0 Å². The first-order valence-corrected chi connectivity index (χ1v) is 6.47. The zero-order chi connectivity index (χ0) is 13.1. The monoisotopic (exact) mass is 264 g/mol. The molecule has 6 heteroatoms. The van der Waals surface area contributed by atoms with Crippen LogP contribution in [-0.4, -0.2) is 29.0 Å². The molecule has 0 N–H and O–H groups in total. The van der Waals surface area contributed by atoms with Crippen LogP contribution in [0, 0.1) is 0 Å². The normalized spacial score (nSPS) is 10.7. The van der Waals surface area contributed by atoms with Gasteiger partial charge in [0.25, 0.3) is 0 Å². The van der Waals surface area contributed by atoms with E-state index < -0.39 is 0 Å². The minimum Gasteiger partial charge on any atom is -0.495 e. The number of rotatable bonds is 4. The van der Waals surface area contributed by atoms with E-state index in [9.17, 15) is 0 Å². The summed E-state index contributed by atoms with van der Waals surface area (Å²) in [5, 5.41) is 8.33. The second kappa shape index (κ2) is 5.30. The van der Waals surface area contributed by atoms with Crippen LogP contribution in [0.3, 0.4) is 0 Å². The summed E-state index contributed by atoms with van der Waals surface area (Å²) < 4.78 is 9.17. The highest BCUT2D eigenvalue weighted by Gasteiger charge is 2.14. The lowest BCUT2D eigenvalue weighted by Crippen LogP contribution is -2.11. The van der Waals surface area contributed by atoms with Crippen LogP contribution < -0.4 is 9.64 Å². The van der Waals surface area contributed by atoms with Crippen LogP contribution in [0.25, 0.3) is 0 Å². The Morgan fingerprint density at radius 1 is 1.33 bits per heavy atom. The Hall–Kier alpha value is -1.69. The van der Waals surface area contributed by atoms with Gasteiger partial charge in [-0.1, -0.05) is 29.5 Å². The van der Waals surface area contributed by atoms with Crippen molar-refractivity contribution >= 4 is 22.4 Å². The Labute approximate surface area is 111 Å². The standard InChI is InChI=1S/C12H16N4OS/c1-8(2)9-5-6-11(17-4)10(7-9)16(3)12-13-14-15-18-12/h5-8H,1-4H3. The summed E-state index contributed by atoms with van der Waals surface area (Å²) in [4.78, 5) is 1.94. The average molecular weight is 264 g/mol. The lowest BCUT2D eigenvalue weighted by molar-refractivity contribution is 0.415. The number of methoxy groups -OCH3 is 1. The van der Waals surface area contributed by atoms with E-state index in [1.165, 1.54) is 17.1 Å². The van der Waals surface area contributed by atoms with Gasteiger partial charge in [-0.05, 0) is 28.8 Å². The van der Waals surface area contributed by atoms with Gasteiger partial charge in [-0.25, -0.2) is 0 Å². The Morgan fingerprint density at radius 2 is 2.11 bits per heavy atom. The molecule has 0 aliphatic carbocycles. The zero-order valence-corrected chi connectivity index (χ0v) is 11.7. The number of benzene rings is 1. The maximum absolute atomic E-state index is 5.39. The third kappa shape index (κ3) is 2.43. The molecule has 0 bridgehead atoms. The highest BCUT2D eigenvalue weighted by molar-refractivity contribution is 7.09. The van der Waals surface area contributed by atoms with Crippen LogP contribution >= 0.6 is 11.5 Å². The van der Waals surface area contributed by atoms with Crippen molar-refractivity contribution in [2.45, 2.75) is 19.8 Å². The molecule has 96 valence electrons. The van der Waals surface area contributed by atoms with Crippen LogP contribution in [0.1, 0.15) is 25.3 Å². The fourth-order valence-corrected chi connectivity index (χ4v) is 2.13. The molecule has 0 aliphatic heterocycles. The van der Waals surface area contributed by atoms with Gasteiger partial charge in [-0.3, -0.25) is 0 Å². The first-order chi connectivity index (χ1) is 8.63. The SMILES string of the molecule is COc1ccc(C(C)C)cc1N(C)c1nnns1. The molecular weight excluding hydrogens is 248 g/mol. The van der Waals surface area contributed by atoms with Crippen LogP contribution in [0.5, 0.6) is 5.75 Å². The second-order valence-electron chi connectivity index (χ2n) is 4.29. The highest BCUT2D eigenvalue weighted by atomic mass is 32.1. The molecule has 0 radical (unpaired) electrons. The third-order valence-corrected chi connectivity index (χ3v) is 3.48. The number of hydrogen-bond acceptors (Lipinski definition) is 6. The number of anilines is 2. The fourth-order valence-electron chi connectivity index (χ4n) is 1.69. The van der Waals surface area contributed by atoms with Crippen molar-refractivity contribution in [1.82, 2.24) is 14.8 Å². The van der Waals surface area contributed by atoms with E-state index in [2.05, 4.69) is 40.8 Å². The molecule has 0 unspecified atom stereocenters. The van der Waals surface area contributed by atoms with E-state index in [0.29, 0.717) is 5.92 Å². The lowest BCUT2D eigenvalue weighted by atomic mass is 10.0. The maximum atomic E-state index is 5.39. The summed E-state index contributed by atoms with van der Waals surface area (Å²) in [6.07, 6.45) is 0. The van der Waals surface area contributed by atoms with Crippen LogP contribution in [0.15, 0.2) is 18.2 Å². The summed E-state index contributed by atoms with van der Waals surface area (Å²) in [5.41, 5.74) is 2.23. The number of aromatic nitrogens is 3. The van der Waals surface area contributed by atoms with Crippen molar-refractivity contribution in [3.05, 3.63) is 23.8 Å². The van der Waals surface area contributed by atoms with Gasteiger partial charge in [0.2, 0.25) is 5.13 Å². The topological polar surface area (TPSA) is 51.1 Å². The number of ether oxygens (including phenoxy) is 1. The molecular formula is C12H16N4OS. The largest absolute Gasteiger partial charge is 0.495 e.